The molecule has 25 heavy (non-hydrogen) atoms. The largest absolute Gasteiger partial charge is 0.338 e. The number of imidazole rings is 1. The molecule has 3 heterocycles. The summed E-state index contributed by atoms with van der Waals surface area (Å²) in [6, 6.07) is 3.15. The number of likely N-dealkylation sites (tertiary alicyclic amines) is 1. The van der Waals surface area contributed by atoms with Crippen molar-refractivity contribution in [3.63, 3.8) is 0 Å². The zero-order valence-electron chi connectivity index (χ0n) is 14.1. The Morgan fingerprint density at radius 2 is 1.84 bits per heavy atom. The molecule has 0 unspecified atom stereocenters. The van der Waals surface area contributed by atoms with Crippen molar-refractivity contribution in [2.24, 2.45) is 14.1 Å². The van der Waals surface area contributed by atoms with E-state index in [0.29, 0.717) is 25.9 Å². The minimum absolute atomic E-state index is 0.0502. The van der Waals surface area contributed by atoms with Gasteiger partial charge in [0.2, 0.25) is 15.0 Å². The first-order chi connectivity index (χ1) is 11.8. The first-order valence-corrected chi connectivity index (χ1v) is 9.53. The predicted octanol–water partition coefficient (Wildman–Crippen LogP) is 0.197. The second kappa shape index (κ2) is 6.47. The van der Waals surface area contributed by atoms with Crippen molar-refractivity contribution in [2.45, 2.75) is 23.2 Å². The van der Waals surface area contributed by atoms with Gasteiger partial charge in [-0.1, -0.05) is 0 Å². The monoisotopic (exact) mass is 364 g/mol. The second-order valence-electron chi connectivity index (χ2n) is 6.20. The Morgan fingerprint density at radius 1 is 1.16 bits per heavy atom. The van der Waals surface area contributed by atoms with Crippen LogP contribution >= 0.6 is 0 Å². The number of amides is 1. The molecule has 0 atom stereocenters. The Balaban J connectivity index is 1.74. The molecule has 1 saturated heterocycles. The number of aryl methyl sites for hydroxylation is 2. The van der Waals surface area contributed by atoms with Gasteiger partial charge in [-0.2, -0.15) is 0 Å². The number of carbonyl (C=O) groups is 1. The Morgan fingerprint density at radius 3 is 2.44 bits per heavy atom. The summed E-state index contributed by atoms with van der Waals surface area (Å²) in [6.45, 7) is 0.594. The van der Waals surface area contributed by atoms with Crippen LogP contribution in [0.5, 0.6) is 0 Å². The van der Waals surface area contributed by atoms with E-state index in [-0.39, 0.29) is 22.2 Å². The Bertz CT molecular complexity index is 953. The standard InChI is InChI=1S/C16H20N4O4S/c1-18-8-3-4-13(14(18)21)15(22)20-9-5-12(6-10-20)25(23,24)16-17-7-11-19(16)2/h3-4,7-8,11-12H,5-6,9-10H2,1-2H3. The molecule has 0 saturated carbocycles. The molecule has 3 rings (SSSR count). The van der Waals surface area contributed by atoms with E-state index in [9.17, 15) is 18.0 Å². The van der Waals surface area contributed by atoms with Crippen LogP contribution in [0.2, 0.25) is 0 Å². The highest BCUT2D eigenvalue weighted by molar-refractivity contribution is 7.91. The number of nitrogens with zero attached hydrogens (tertiary/aromatic N) is 4. The van der Waals surface area contributed by atoms with Crippen LogP contribution in [0.4, 0.5) is 0 Å². The smallest absolute Gasteiger partial charge is 0.263 e. The average Bonchev–Trinajstić information content (AvgIpc) is 3.04. The van der Waals surface area contributed by atoms with E-state index in [1.807, 2.05) is 0 Å². The molecule has 0 radical (unpaired) electrons. The van der Waals surface area contributed by atoms with Gasteiger partial charge >= 0.3 is 0 Å². The summed E-state index contributed by atoms with van der Waals surface area (Å²) in [4.78, 5) is 30.1. The average molecular weight is 364 g/mol. The lowest BCUT2D eigenvalue weighted by Crippen LogP contribution is -2.44. The maximum atomic E-state index is 12.7. The van der Waals surface area contributed by atoms with E-state index >= 15 is 0 Å². The van der Waals surface area contributed by atoms with Gasteiger partial charge in [-0.05, 0) is 25.0 Å². The molecule has 1 aliphatic rings. The Hall–Kier alpha value is -2.42. The molecule has 0 N–H and O–H groups in total. The fourth-order valence-corrected chi connectivity index (χ4v) is 4.87. The Kier molecular flexibility index (Phi) is 4.51. The van der Waals surface area contributed by atoms with Crippen LogP contribution in [-0.4, -0.2) is 51.7 Å². The van der Waals surface area contributed by atoms with Crippen molar-refractivity contribution < 1.29 is 13.2 Å². The Labute approximate surface area is 145 Å². The molecule has 0 aromatic carbocycles. The van der Waals surface area contributed by atoms with Crippen molar-refractivity contribution in [1.82, 2.24) is 19.0 Å². The molecule has 8 nitrogen and oxygen atoms in total. The summed E-state index contributed by atoms with van der Waals surface area (Å²) in [5, 5.41) is -0.523. The predicted molar refractivity (Wildman–Crippen MR) is 91.0 cm³/mol. The van der Waals surface area contributed by atoms with Gasteiger partial charge in [0, 0.05) is 45.8 Å². The van der Waals surface area contributed by atoms with Gasteiger partial charge < -0.3 is 14.0 Å². The maximum absolute atomic E-state index is 12.7. The number of piperidine rings is 1. The molecular weight excluding hydrogens is 344 g/mol. The summed E-state index contributed by atoms with van der Waals surface area (Å²) in [5.74, 6) is -0.353. The first-order valence-electron chi connectivity index (χ1n) is 7.98. The highest BCUT2D eigenvalue weighted by atomic mass is 32.2. The zero-order chi connectivity index (χ0) is 18.2. The van der Waals surface area contributed by atoms with Gasteiger partial charge in [0.1, 0.15) is 5.56 Å². The molecule has 1 aliphatic heterocycles. The topological polar surface area (TPSA) is 94.3 Å². The number of aromatic nitrogens is 3. The molecule has 9 heteroatoms. The van der Waals surface area contributed by atoms with Gasteiger partial charge in [0.25, 0.3) is 11.5 Å². The van der Waals surface area contributed by atoms with Gasteiger partial charge in [0.15, 0.2) is 0 Å². The first kappa shape index (κ1) is 17.4. The second-order valence-corrected chi connectivity index (χ2v) is 8.32. The maximum Gasteiger partial charge on any atom is 0.263 e. The van der Waals surface area contributed by atoms with Crippen LogP contribution in [0.1, 0.15) is 23.2 Å². The minimum atomic E-state index is -3.53. The van der Waals surface area contributed by atoms with E-state index in [1.165, 1.54) is 21.4 Å². The van der Waals surface area contributed by atoms with Gasteiger partial charge in [-0.25, -0.2) is 13.4 Å². The summed E-state index contributed by atoms with van der Waals surface area (Å²) in [6.07, 6.45) is 5.29. The van der Waals surface area contributed by atoms with Crippen molar-refractivity contribution in [3.8, 4) is 0 Å². The van der Waals surface area contributed by atoms with Crippen LogP contribution < -0.4 is 5.56 Å². The summed E-state index contributed by atoms with van der Waals surface area (Å²) in [7, 11) is -0.299. The highest BCUT2D eigenvalue weighted by Crippen LogP contribution is 2.24. The molecule has 1 fully saturated rings. The number of rotatable bonds is 3. The third-order valence-corrected chi connectivity index (χ3v) is 6.80. The zero-order valence-corrected chi connectivity index (χ0v) is 14.9. The van der Waals surface area contributed by atoms with E-state index in [0.717, 1.165) is 0 Å². The fraction of sp³-hybridized carbons (Fsp3) is 0.438. The van der Waals surface area contributed by atoms with E-state index in [4.69, 9.17) is 0 Å². The van der Waals surface area contributed by atoms with Crippen molar-refractivity contribution >= 4 is 15.7 Å². The third kappa shape index (κ3) is 3.11. The summed E-state index contributed by atoms with van der Waals surface area (Å²) < 4.78 is 28.2. The number of pyridine rings is 1. The van der Waals surface area contributed by atoms with Gasteiger partial charge in [-0.15, -0.1) is 0 Å². The molecule has 2 aromatic heterocycles. The van der Waals surface area contributed by atoms with Crippen molar-refractivity contribution in [3.05, 3.63) is 46.6 Å². The SMILES string of the molecule is Cn1ccnc1S(=O)(=O)C1CCN(C(=O)c2cccn(C)c2=O)CC1. The van der Waals surface area contributed by atoms with Gasteiger partial charge in [-0.3, -0.25) is 9.59 Å². The lowest BCUT2D eigenvalue weighted by atomic mass is 10.1. The molecular formula is C16H20N4O4S. The van der Waals surface area contributed by atoms with Crippen LogP contribution in [0.15, 0.2) is 40.7 Å². The number of hydrogen-bond acceptors (Lipinski definition) is 5. The molecule has 0 spiro atoms. The number of carbonyl (C=O) groups excluding carboxylic acids is 1. The molecule has 2 aromatic rings. The van der Waals surface area contributed by atoms with Crippen LogP contribution in [0, 0.1) is 0 Å². The summed E-state index contributed by atoms with van der Waals surface area (Å²) >= 11 is 0. The van der Waals surface area contributed by atoms with Crippen molar-refractivity contribution in [2.75, 3.05) is 13.1 Å². The molecule has 1 amide bonds. The third-order valence-electron chi connectivity index (χ3n) is 4.55. The normalized spacial score (nSPS) is 16.2. The van der Waals surface area contributed by atoms with Gasteiger partial charge in [0.05, 0.1) is 5.25 Å². The number of hydrogen-bond donors (Lipinski definition) is 0. The van der Waals surface area contributed by atoms with E-state index in [2.05, 4.69) is 4.98 Å². The molecule has 134 valence electrons. The molecule has 0 aliphatic carbocycles. The molecule has 0 bridgehead atoms. The minimum Gasteiger partial charge on any atom is -0.338 e. The van der Waals surface area contributed by atoms with Crippen LogP contribution in [0.3, 0.4) is 0 Å². The fourth-order valence-electron chi connectivity index (χ4n) is 3.07. The highest BCUT2D eigenvalue weighted by Gasteiger charge is 2.35. The lowest BCUT2D eigenvalue weighted by Gasteiger charge is -2.31. The van der Waals surface area contributed by atoms with Crippen molar-refractivity contribution in [1.29, 1.82) is 0 Å². The summed E-state index contributed by atoms with van der Waals surface area (Å²) in [5.41, 5.74) is -0.245. The quantitative estimate of drug-likeness (QED) is 0.775. The lowest BCUT2D eigenvalue weighted by molar-refractivity contribution is 0.0723. The number of sulfone groups is 1. The van der Waals surface area contributed by atoms with Crippen LogP contribution in [-0.2, 0) is 23.9 Å². The van der Waals surface area contributed by atoms with Crippen LogP contribution in [0.25, 0.3) is 0 Å². The van der Waals surface area contributed by atoms with E-state index < -0.39 is 15.1 Å². The van der Waals surface area contributed by atoms with E-state index in [1.54, 1.807) is 37.5 Å².